The highest BCUT2D eigenvalue weighted by atomic mass is 16.2. The summed E-state index contributed by atoms with van der Waals surface area (Å²) in [6.45, 7) is 2.95. The van der Waals surface area contributed by atoms with Gasteiger partial charge in [0.25, 0.3) is 0 Å². The Bertz CT molecular complexity index is 396. The van der Waals surface area contributed by atoms with Crippen LogP contribution >= 0.6 is 0 Å². The standard InChI is InChI=1S/C13H19N3O/c1-13(7-2-8-13)9-15-12(17)16-11-5-3-10(14)4-6-11/h3-6H,2,7-9,14H2,1H3,(H2,15,16,17). The van der Waals surface area contributed by atoms with E-state index in [1.807, 2.05) is 0 Å². The number of benzene rings is 1. The average Bonchev–Trinajstić information content (AvgIpc) is 2.27. The van der Waals surface area contributed by atoms with Crippen LogP contribution in [0.2, 0.25) is 0 Å². The molecule has 17 heavy (non-hydrogen) atoms. The molecule has 2 amide bonds. The van der Waals surface area contributed by atoms with Crippen LogP contribution < -0.4 is 16.4 Å². The van der Waals surface area contributed by atoms with Gasteiger partial charge in [-0.25, -0.2) is 4.79 Å². The molecule has 0 aromatic heterocycles. The molecular weight excluding hydrogens is 214 g/mol. The third kappa shape index (κ3) is 3.12. The van der Waals surface area contributed by atoms with Crippen molar-refractivity contribution >= 4 is 17.4 Å². The Balaban J connectivity index is 1.79. The number of carbonyl (C=O) groups is 1. The molecule has 0 bridgehead atoms. The van der Waals surface area contributed by atoms with Crippen LogP contribution in [0.3, 0.4) is 0 Å². The fraction of sp³-hybridized carbons (Fsp3) is 0.462. The van der Waals surface area contributed by atoms with Gasteiger partial charge in [0.2, 0.25) is 0 Å². The van der Waals surface area contributed by atoms with E-state index >= 15 is 0 Å². The van der Waals surface area contributed by atoms with Crippen molar-refractivity contribution in [1.29, 1.82) is 0 Å². The summed E-state index contributed by atoms with van der Waals surface area (Å²) in [5.74, 6) is 0. The van der Waals surface area contributed by atoms with Crippen molar-refractivity contribution in [3.8, 4) is 0 Å². The maximum absolute atomic E-state index is 11.6. The second-order valence-corrected chi connectivity index (χ2v) is 5.09. The first-order valence-electron chi connectivity index (χ1n) is 5.98. The smallest absolute Gasteiger partial charge is 0.319 e. The number of carbonyl (C=O) groups excluding carboxylic acids is 1. The lowest BCUT2D eigenvalue weighted by atomic mass is 9.70. The quantitative estimate of drug-likeness (QED) is 0.702. The third-order valence-corrected chi connectivity index (χ3v) is 3.40. The van der Waals surface area contributed by atoms with Crippen molar-refractivity contribution in [3.63, 3.8) is 0 Å². The highest BCUT2D eigenvalue weighted by molar-refractivity contribution is 5.89. The van der Waals surface area contributed by atoms with E-state index in [1.54, 1.807) is 24.3 Å². The number of nitrogens with two attached hydrogens (primary N) is 1. The van der Waals surface area contributed by atoms with E-state index in [1.165, 1.54) is 19.3 Å². The molecule has 2 rings (SSSR count). The van der Waals surface area contributed by atoms with E-state index in [9.17, 15) is 4.79 Å². The number of nitrogens with one attached hydrogen (secondary N) is 2. The van der Waals surface area contributed by atoms with Crippen LogP contribution in [-0.4, -0.2) is 12.6 Å². The summed E-state index contributed by atoms with van der Waals surface area (Å²) in [4.78, 5) is 11.6. The zero-order chi connectivity index (χ0) is 12.3. The van der Waals surface area contributed by atoms with Gasteiger partial charge in [-0.1, -0.05) is 13.3 Å². The highest BCUT2D eigenvalue weighted by Gasteiger charge is 2.31. The number of amides is 2. The molecular formula is C13H19N3O. The van der Waals surface area contributed by atoms with Crippen LogP contribution in [-0.2, 0) is 0 Å². The van der Waals surface area contributed by atoms with Gasteiger partial charge in [-0.2, -0.15) is 0 Å². The number of hydrogen-bond donors (Lipinski definition) is 3. The Hall–Kier alpha value is -1.71. The van der Waals surface area contributed by atoms with Crippen molar-refractivity contribution in [2.45, 2.75) is 26.2 Å². The first-order chi connectivity index (χ1) is 8.07. The maximum Gasteiger partial charge on any atom is 0.319 e. The van der Waals surface area contributed by atoms with Gasteiger partial charge >= 0.3 is 6.03 Å². The highest BCUT2D eigenvalue weighted by Crippen LogP contribution is 2.39. The lowest BCUT2D eigenvalue weighted by Gasteiger charge is -2.38. The summed E-state index contributed by atoms with van der Waals surface area (Å²) in [7, 11) is 0. The SMILES string of the molecule is CC1(CNC(=O)Nc2ccc(N)cc2)CCC1. The van der Waals surface area contributed by atoms with Crippen LogP contribution in [0.1, 0.15) is 26.2 Å². The molecule has 0 aliphatic heterocycles. The Labute approximate surface area is 102 Å². The summed E-state index contributed by atoms with van der Waals surface area (Å²) < 4.78 is 0. The van der Waals surface area contributed by atoms with Crippen LogP contribution in [0, 0.1) is 5.41 Å². The molecule has 4 N–H and O–H groups in total. The molecule has 0 radical (unpaired) electrons. The molecule has 0 heterocycles. The lowest BCUT2D eigenvalue weighted by molar-refractivity contribution is 0.159. The predicted molar refractivity (Wildman–Crippen MR) is 69.8 cm³/mol. The first-order valence-corrected chi connectivity index (χ1v) is 5.98. The van der Waals surface area contributed by atoms with Gasteiger partial charge in [0, 0.05) is 17.9 Å². The number of nitrogen functional groups attached to an aromatic ring is 1. The third-order valence-electron chi connectivity index (χ3n) is 3.40. The fourth-order valence-corrected chi connectivity index (χ4v) is 1.99. The lowest BCUT2D eigenvalue weighted by Crippen LogP contribution is -2.41. The van der Waals surface area contributed by atoms with Crippen LogP contribution in [0.25, 0.3) is 0 Å². The first kappa shape index (κ1) is 11.8. The minimum Gasteiger partial charge on any atom is -0.399 e. The Kier molecular flexibility index (Phi) is 3.22. The van der Waals surface area contributed by atoms with Crippen molar-refractivity contribution in [2.75, 3.05) is 17.6 Å². The second kappa shape index (κ2) is 4.65. The summed E-state index contributed by atoms with van der Waals surface area (Å²) in [6, 6.07) is 6.97. The van der Waals surface area contributed by atoms with E-state index in [0.29, 0.717) is 11.1 Å². The molecule has 1 saturated carbocycles. The molecule has 0 atom stereocenters. The molecule has 92 valence electrons. The van der Waals surface area contributed by atoms with E-state index in [0.717, 1.165) is 12.2 Å². The van der Waals surface area contributed by atoms with Gasteiger partial charge in [-0.05, 0) is 42.5 Å². The van der Waals surface area contributed by atoms with Crippen molar-refractivity contribution in [1.82, 2.24) is 5.32 Å². The maximum atomic E-state index is 11.6. The molecule has 0 saturated heterocycles. The van der Waals surface area contributed by atoms with Crippen LogP contribution in [0.15, 0.2) is 24.3 Å². The molecule has 4 nitrogen and oxygen atoms in total. The zero-order valence-electron chi connectivity index (χ0n) is 10.1. The second-order valence-electron chi connectivity index (χ2n) is 5.09. The minimum absolute atomic E-state index is 0.150. The molecule has 1 aliphatic rings. The van der Waals surface area contributed by atoms with Gasteiger partial charge in [0.05, 0.1) is 0 Å². The van der Waals surface area contributed by atoms with Crippen LogP contribution in [0.4, 0.5) is 16.2 Å². The topological polar surface area (TPSA) is 67.2 Å². The monoisotopic (exact) mass is 233 g/mol. The van der Waals surface area contributed by atoms with E-state index in [2.05, 4.69) is 17.6 Å². The number of rotatable bonds is 3. The van der Waals surface area contributed by atoms with Crippen molar-refractivity contribution in [3.05, 3.63) is 24.3 Å². The fourth-order valence-electron chi connectivity index (χ4n) is 1.99. The largest absolute Gasteiger partial charge is 0.399 e. The van der Waals surface area contributed by atoms with Gasteiger partial charge in [0.1, 0.15) is 0 Å². The summed E-state index contributed by atoms with van der Waals surface area (Å²) in [5, 5.41) is 5.69. The molecule has 1 aliphatic carbocycles. The van der Waals surface area contributed by atoms with E-state index in [4.69, 9.17) is 5.73 Å². The summed E-state index contributed by atoms with van der Waals surface area (Å²) in [5.41, 5.74) is 7.33. The molecule has 1 fully saturated rings. The van der Waals surface area contributed by atoms with Crippen LogP contribution in [0.5, 0.6) is 0 Å². The number of anilines is 2. The predicted octanol–water partition coefficient (Wildman–Crippen LogP) is 2.58. The van der Waals surface area contributed by atoms with Gasteiger partial charge in [-0.15, -0.1) is 0 Å². The summed E-state index contributed by atoms with van der Waals surface area (Å²) >= 11 is 0. The van der Waals surface area contributed by atoms with E-state index in [-0.39, 0.29) is 6.03 Å². The van der Waals surface area contributed by atoms with Gasteiger partial charge in [0.15, 0.2) is 0 Å². The van der Waals surface area contributed by atoms with Gasteiger partial charge in [-0.3, -0.25) is 0 Å². The Morgan fingerprint density at radius 2 is 2.00 bits per heavy atom. The van der Waals surface area contributed by atoms with E-state index < -0.39 is 0 Å². The molecule has 0 unspecified atom stereocenters. The van der Waals surface area contributed by atoms with Gasteiger partial charge < -0.3 is 16.4 Å². The summed E-state index contributed by atoms with van der Waals surface area (Å²) in [6.07, 6.45) is 3.68. The van der Waals surface area contributed by atoms with Crippen molar-refractivity contribution < 1.29 is 4.79 Å². The van der Waals surface area contributed by atoms with Crippen molar-refractivity contribution in [2.24, 2.45) is 5.41 Å². The minimum atomic E-state index is -0.150. The molecule has 1 aromatic rings. The normalized spacial score (nSPS) is 17.0. The molecule has 0 spiro atoms. The number of urea groups is 1. The number of hydrogen-bond acceptors (Lipinski definition) is 2. The zero-order valence-corrected chi connectivity index (χ0v) is 10.1. The Morgan fingerprint density at radius 1 is 1.35 bits per heavy atom. The average molecular weight is 233 g/mol. The molecule has 4 heteroatoms. The Morgan fingerprint density at radius 3 is 2.53 bits per heavy atom. The molecule has 1 aromatic carbocycles.